The zero-order valence-corrected chi connectivity index (χ0v) is 18.6. The first-order chi connectivity index (χ1) is 14.8. The Morgan fingerprint density at radius 2 is 1.84 bits per heavy atom. The lowest BCUT2D eigenvalue weighted by Crippen LogP contribution is -2.39. The van der Waals surface area contributed by atoms with Crippen LogP contribution in [0.15, 0.2) is 23.6 Å². The molecule has 162 valence electrons. The summed E-state index contributed by atoms with van der Waals surface area (Å²) < 4.78 is 0. The first-order valence-corrected chi connectivity index (χ1v) is 11.2. The lowest BCUT2D eigenvalue weighted by Gasteiger charge is -2.21. The number of carbonyl (C=O) groups is 4. The molecule has 1 aromatic heterocycles. The Kier molecular flexibility index (Phi) is 5.62. The minimum Gasteiger partial charge on any atom is -0.274 e. The molecule has 0 radical (unpaired) electrons. The second kappa shape index (κ2) is 8.22. The molecule has 2 heterocycles. The van der Waals surface area contributed by atoms with Gasteiger partial charge in [-0.3, -0.25) is 24.2 Å². The van der Waals surface area contributed by atoms with Crippen LogP contribution in [0.1, 0.15) is 49.4 Å². The molecule has 2 aliphatic rings. The Balaban J connectivity index is 1.56. The van der Waals surface area contributed by atoms with Crippen molar-refractivity contribution < 1.29 is 19.2 Å². The Morgan fingerprint density at radius 1 is 1.13 bits per heavy atom. The molecule has 1 aliphatic carbocycles. The van der Waals surface area contributed by atoms with E-state index in [1.807, 2.05) is 32.0 Å². The Labute approximate surface area is 184 Å². The van der Waals surface area contributed by atoms with E-state index < -0.39 is 17.8 Å². The molecule has 0 N–H and O–H groups in total. The van der Waals surface area contributed by atoms with Gasteiger partial charge in [0.25, 0.3) is 0 Å². The normalized spacial score (nSPS) is 17.2. The van der Waals surface area contributed by atoms with Crippen molar-refractivity contribution >= 4 is 45.9 Å². The molecule has 0 spiro atoms. The molecule has 2 aromatic rings. The van der Waals surface area contributed by atoms with Crippen LogP contribution >= 0.6 is 11.3 Å². The minimum atomic E-state index is -0.816. The summed E-state index contributed by atoms with van der Waals surface area (Å²) in [5, 5.41) is 2.15. The Bertz CT molecular complexity index is 1070. The number of amides is 5. The Morgan fingerprint density at radius 3 is 2.48 bits per heavy atom. The van der Waals surface area contributed by atoms with Gasteiger partial charge in [-0.25, -0.2) is 14.7 Å². The van der Waals surface area contributed by atoms with Gasteiger partial charge in [-0.2, -0.15) is 0 Å². The highest BCUT2D eigenvalue weighted by atomic mass is 32.1. The number of imide groups is 2. The quantitative estimate of drug-likeness (QED) is 0.523. The fourth-order valence-corrected chi connectivity index (χ4v) is 4.95. The zero-order chi connectivity index (χ0) is 22.3. The van der Waals surface area contributed by atoms with Gasteiger partial charge >= 0.3 is 17.8 Å². The number of aryl methyl sites for hydroxylation is 2. The van der Waals surface area contributed by atoms with E-state index >= 15 is 0 Å². The summed E-state index contributed by atoms with van der Waals surface area (Å²) >= 11 is 1.25. The fraction of sp³-hybridized carbons (Fsp3) is 0.409. The second-order valence-corrected chi connectivity index (χ2v) is 8.87. The average molecular weight is 441 g/mol. The summed E-state index contributed by atoms with van der Waals surface area (Å²) in [6.45, 7) is 5.34. The number of rotatable bonds is 5. The number of anilines is 2. The van der Waals surface area contributed by atoms with Crippen molar-refractivity contribution in [2.75, 3.05) is 4.90 Å². The summed E-state index contributed by atoms with van der Waals surface area (Å²) in [6.07, 6.45) is 3.38. The van der Waals surface area contributed by atoms with Crippen molar-refractivity contribution in [3.63, 3.8) is 0 Å². The van der Waals surface area contributed by atoms with Gasteiger partial charge in [0.1, 0.15) is 0 Å². The molecule has 5 amide bonds. The summed E-state index contributed by atoms with van der Waals surface area (Å²) in [7, 11) is 0. The van der Waals surface area contributed by atoms with Gasteiger partial charge in [0.15, 0.2) is 5.13 Å². The number of thiazole rings is 1. The maximum atomic E-state index is 12.8. The lowest BCUT2D eigenvalue weighted by atomic mass is 10.1. The molecular formula is C22H24N4O4S. The van der Waals surface area contributed by atoms with E-state index in [0.717, 1.165) is 46.6 Å². The molecule has 8 nitrogen and oxygen atoms in total. The van der Waals surface area contributed by atoms with Gasteiger partial charge in [-0.15, -0.1) is 11.3 Å². The van der Waals surface area contributed by atoms with Crippen molar-refractivity contribution in [2.24, 2.45) is 0 Å². The fourth-order valence-electron chi connectivity index (χ4n) is 4.07. The molecule has 0 atom stereocenters. The first kappa shape index (κ1) is 21.2. The van der Waals surface area contributed by atoms with E-state index in [0.29, 0.717) is 16.5 Å². The minimum absolute atomic E-state index is 0.0954. The number of hydrogen-bond donors (Lipinski definition) is 0. The largest absolute Gasteiger partial charge is 0.334 e. The SMILES string of the molecule is CC(=O)N(c1ccc(C)c(C)c1)c1nc(CN2C(=O)C(=O)N(C3CCCC3)C2=O)cs1. The van der Waals surface area contributed by atoms with Crippen molar-refractivity contribution in [1.29, 1.82) is 0 Å². The third-order valence-electron chi connectivity index (χ3n) is 5.89. The van der Waals surface area contributed by atoms with Crippen molar-refractivity contribution in [1.82, 2.24) is 14.8 Å². The molecule has 0 unspecified atom stereocenters. The van der Waals surface area contributed by atoms with Crippen LogP contribution in [0, 0.1) is 13.8 Å². The van der Waals surface area contributed by atoms with Crippen molar-refractivity contribution in [3.05, 3.63) is 40.4 Å². The number of nitrogens with zero attached hydrogens (tertiary/aromatic N) is 4. The maximum Gasteiger partial charge on any atom is 0.334 e. The highest BCUT2D eigenvalue weighted by Gasteiger charge is 2.48. The van der Waals surface area contributed by atoms with Crippen LogP contribution < -0.4 is 4.90 Å². The Hall–Kier alpha value is -3.07. The summed E-state index contributed by atoms with van der Waals surface area (Å²) in [5.74, 6) is -1.77. The predicted octanol–water partition coefficient (Wildman–Crippen LogP) is 3.68. The molecule has 9 heteroatoms. The second-order valence-electron chi connectivity index (χ2n) is 8.03. The number of benzene rings is 1. The van der Waals surface area contributed by atoms with E-state index in [2.05, 4.69) is 4.98 Å². The van der Waals surface area contributed by atoms with Crippen LogP contribution in [-0.2, 0) is 20.9 Å². The van der Waals surface area contributed by atoms with Crippen LogP contribution in [0.25, 0.3) is 0 Å². The van der Waals surface area contributed by atoms with Crippen LogP contribution in [-0.4, -0.2) is 44.6 Å². The van der Waals surface area contributed by atoms with Gasteiger partial charge in [0, 0.05) is 18.3 Å². The van der Waals surface area contributed by atoms with Crippen LogP contribution in [0.5, 0.6) is 0 Å². The van der Waals surface area contributed by atoms with Gasteiger partial charge in [0.05, 0.1) is 17.9 Å². The summed E-state index contributed by atoms with van der Waals surface area (Å²) in [5.41, 5.74) is 3.33. The van der Waals surface area contributed by atoms with Crippen LogP contribution in [0.3, 0.4) is 0 Å². The van der Waals surface area contributed by atoms with Crippen molar-refractivity contribution in [3.8, 4) is 0 Å². The molecule has 4 rings (SSSR count). The standard InChI is InChI=1S/C22H24N4O4S/c1-13-8-9-18(10-14(13)2)25(15(3)27)21-23-16(12-31-21)11-24-19(28)20(29)26(22(24)30)17-6-4-5-7-17/h8-10,12,17H,4-7,11H2,1-3H3. The van der Waals surface area contributed by atoms with Gasteiger partial charge in [-0.1, -0.05) is 18.9 Å². The van der Waals surface area contributed by atoms with E-state index in [9.17, 15) is 19.2 Å². The number of urea groups is 1. The smallest absolute Gasteiger partial charge is 0.274 e. The third-order valence-corrected chi connectivity index (χ3v) is 6.76. The molecule has 1 saturated carbocycles. The molecule has 2 fully saturated rings. The summed E-state index contributed by atoms with van der Waals surface area (Å²) in [4.78, 5) is 58.0. The monoisotopic (exact) mass is 440 g/mol. The van der Waals surface area contributed by atoms with Crippen LogP contribution in [0.4, 0.5) is 15.6 Å². The molecule has 1 aliphatic heterocycles. The number of aromatic nitrogens is 1. The predicted molar refractivity (Wildman–Crippen MR) is 116 cm³/mol. The third kappa shape index (κ3) is 3.85. The van der Waals surface area contributed by atoms with E-state index in [-0.39, 0.29) is 18.5 Å². The van der Waals surface area contributed by atoms with Gasteiger partial charge < -0.3 is 0 Å². The maximum absolute atomic E-state index is 12.8. The van der Waals surface area contributed by atoms with E-state index in [1.54, 1.807) is 5.38 Å². The summed E-state index contributed by atoms with van der Waals surface area (Å²) in [6, 6.07) is 4.95. The van der Waals surface area contributed by atoms with Crippen molar-refractivity contribution in [2.45, 2.75) is 59.0 Å². The zero-order valence-electron chi connectivity index (χ0n) is 17.8. The molecule has 1 saturated heterocycles. The molecule has 1 aromatic carbocycles. The highest BCUT2D eigenvalue weighted by Crippen LogP contribution is 2.32. The topological polar surface area (TPSA) is 90.9 Å². The highest BCUT2D eigenvalue weighted by molar-refractivity contribution is 7.14. The first-order valence-electron chi connectivity index (χ1n) is 10.3. The lowest BCUT2D eigenvalue weighted by molar-refractivity contribution is -0.144. The molecule has 31 heavy (non-hydrogen) atoms. The van der Waals surface area contributed by atoms with Crippen LogP contribution in [0.2, 0.25) is 0 Å². The number of carbonyl (C=O) groups excluding carboxylic acids is 4. The van der Waals surface area contributed by atoms with Gasteiger partial charge in [0.2, 0.25) is 5.91 Å². The van der Waals surface area contributed by atoms with Gasteiger partial charge in [-0.05, 0) is 49.9 Å². The van der Waals surface area contributed by atoms with E-state index in [4.69, 9.17) is 0 Å². The molecular weight excluding hydrogens is 416 g/mol. The number of hydrogen-bond acceptors (Lipinski definition) is 6. The average Bonchev–Trinajstić information content (AvgIpc) is 3.44. The molecule has 0 bridgehead atoms. The van der Waals surface area contributed by atoms with E-state index in [1.165, 1.54) is 23.2 Å².